The SMILES string of the molecule is CCCC1CCC(=O)C(Cc2cccnc2)C1. The maximum Gasteiger partial charge on any atom is 0.136 e. The van der Waals surface area contributed by atoms with Crippen molar-refractivity contribution in [3.8, 4) is 0 Å². The van der Waals surface area contributed by atoms with E-state index >= 15 is 0 Å². The molecule has 1 aromatic heterocycles. The third-order valence-corrected chi connectivity index (χ3v) is 3.77. The number of carbonyl (C=O) groups excluding carboxylic acids is 1. The van der Waals surface area contributed by atoms with Gasteiger partial charge < -0.3 is 0 Å². The summed E-state index contributed by atoms with van der Waals surface area (Å²) in [7, 11) is 0. The molecular weight excluding hydrogens is 210 g/mol. The fourth-order valence-corrected chi connectivity index (χ4v) is 2.87. The van der Waals surface area contributed by atoms with Gasteiger partial charge in [-0.2, -0.15) is 0 Å². The molecule has 1 saturated carbocycles. The monoisotopic (exact) mass is 231 g/mol. The van der Waals surface area contributed by atoms with Gasteiger partial charge in [-0.25, -0.2) is 0 Å². The van der Waals surface area contributed by atoms with Gasteiger partial charge in [-0.15, -0.1) is 0 Å². The largest absolute Gasteiger partial charge is 0.299 e. The minimum absolute atomic E-state index is 0.240. The van der Waals surface area contributed by atoms with E-state index in [9.17, 15) is 4.79 Å². The van der Waals surface area contributed by atoms with Gasteiger partial charge in [0.1, 0.15) is 5.78 Å². The van der Waals surface area contributed by atoms with E-state index < -0.39 is 0 Å². The Bertz CT molecular complexity index is 360. The van der Waals surface area contributed by atoms with Crippen LogP contribution in [0.3, 0.4) is 0 Å². The summed E-state index contributed by atoms with van der Waals surface area (Å²) >= 11 is 0. The lowest BCUT2D eigenvalue weighted by Gasteiger charge is -2.27. The number of hydrogen-bond donors (Lipinski definition) is 0. The van der Waals surface area contributed by atoms with Crippen molar-refractivity contribution in [2.75, 3.05) is 0 Å². The van der Waals surface area contributed by atoms with Crippen LogP contribution in [0.2, 0.25) is 0 Å². The van der Waals surface area contributed by atoms with Crippen LogP contribution in [-0.2, 0) is 11.2 Å². The zero-order valence-corrected chi connectivity index (χ0v) is 10.6. The number of ketones is 1. The molecule has 2 heteroatoms. The topological polar surface area (TPSA) is 30.0 Å². The van der Waals surface area contributed by atoms with Gasteiger partial charge in [-0.05, 0) is 36.8 Å². The minimum Gasteiger partial charge on any atom is -0.299 e. The van der Waals surface area contributed by atoms with Gasteiger partial charge >= 0.3 is 0 Å². The fourth-order valence-electron chi connectivity index (χ4n) is 2.87. The summed E-state index contributed by atoms with van der Waals surface area (Å²) < 4.78 is 0. The van der Waals surface area contributed by atoms with Crippen molar-refractivity contribution in [3.05, 3.63) is 30.1 Å². The lowest BCUT2D eigenvalue weighted by atomic mass is 9.76. The van der Waals surface area contributed by atoms with Crippen LogP contribution in [0.1, 0.15) is 44.6 Å². The summed E-state index contributed by atoms with van der Waals surface area (Å²) in [6, 6.07) is 4.02. The van der Waals surface area contributed by atoms with Crippen molar-refractivity contribution in [1.82, 2.24) is 4.98 Å². The first-order valence-electron chi connectivity index (χ1n) is 6.71. The van der Waals surface area contributed by atoms with Crippen LogP contribution in [0.15, 0.2) is 24.5 Å². The van der Waals surface area contributed by atoms with E-state index in [1.54, 1.807) is 6.20 Å². The molecule has 2 rings (SSSR count). The Morgan fingerprint density at radius 2 is 2.35 bits per heavy atom. The number of aromatic nitrogens is 1. The summed E-state index contributed by atoms with van der Waals surface area (Å²) in [5.41, 5.74) is 1.20. The highest BCUT2D eigenvalue weighted by molar-refractivity contribution is 5.82. The van der Waals surface area contributed by atoms with E-state index in [0.717, 1.165) is 31.6 Å². The molecule has 0 aromatic carbocycles. The van der Waals surface area contributed by atoms with Gasteiger partial charge in [0.2, 0.25) is 0 Å². The predicted molar refractivity (Wildman–Crippen MR) is 68.7 cm³/mol. The molecule has 0 amide bonds. The van der Waals surface area contributed by atoms with Crippen LogP contribution in [-0.4, -0.2) is 10.8 Å². The van der Waals surface area contributed by atoms with Gasteiger partial charge in [0.25, 0.3) is 0 Å². The van der Waals surface area contributed by atoms with Crippen LogP contribution < -0.4 is 0 Å². The first-order chi connectivity index (χ1) is 8.29. The Morgan fingerprint density at radius 3 is 3.06 bits per heavy atom. The van der Waals surface area contributed by atoms with Gasteiger partial charge in [-0.3, -0.25) is 9.78 Å². The van der Waals surface area contributed by atoms with E-state index in [1.807, 2.05) is 12.3 Å². The first kappa shape index (κ1) is 12.3. The molecule has 0 N–H and O–H groups in total. The third kappa shape index (κ3) is 3.39. The van der Waals surface area contributed by atoms with Crippen molar-refractivity contribution < 1.29 is 4.79 Å². The van der Waals surface area contributed by atoms with E-state index in [0.29, 0.717) is 5.78 Å². The molecule has 2 atom stereocenters. The average molecular weight is 231 g/mol. The van der Waals surface area contributed by atoms with Gasteiger partial charge in [0.15, 0.2) is 0 Å². The summed E-state index contributed by atoms with van der Waals surface area (Å²) in [6.07, 6.45) is 10.0. The molecule has 1 fully saturated rings. The normalized spacial score (nSPS) is 24.9. The molecule has 2 unspecified atom stereocenters. The number of hydrogen-bond acceptors (Lipinski definition) is 2. The smallest absolute Gasteiger partial charge is 0.136 e. The highest BCUT2D eigenvalue weighted by atomic mass is 16.1. The molecule has 17 heavy (non-hydrogen) atoms. The second-order valence-corrected chi connectivity index (χ2v) is 5.16. The van der Waals surface area contributed by atoms with Crippen molar-refractivity contribution in [2.24, 2.45) is 11.8 Å². The molecule has 1 aromatic rings. The van der Waals surface area contributed by atoms with Crippen LogP contribution in [0, 0.1) is 11.8 Å². The van der Waals surface area contributed by atoms with Crippen LogP contribution >= 0.6 is 0 Å². The molecule has 0 bridgehead atoms. The fraction of sp³-hybridized carbons (Fsp3) is 0.600. The lowest BCUT2D eigenvalue weighted by Crippen LogP contribution is -2.26. The lowest BCUT2D eigenvalue weighted by molar-refractivity contribution is -0.125. The number of carbonyl (C=O) groups is 1. The van der Waals surface area contributed by atoms with E-state index in [1.165, 1.54) is 18.4 Å². The molecule has 1 aliphatic carbocycles. The summed E-state index contributed by atoms with van der Waals surface area (Å²) in [5, 5.41) is 0. The predicted octanol–water partition coefficient (Wildman–Crippen LogP) is 3.41. The number of nitrogens with zero attached hydrogens (tertiary/aromatic N) is 1. The maximum absolute atomic E-state index is 11.9. The van der Waals surface area contributed by atoms with E-state index in [4.69, 9.17) is 0 Å². The quantitative estimate of drug-likeness (QED) is 0.794. The van der Waals surface area contributed by atoms with Crippen molar-refractivity contribution in [2.45, 2.75) is 45.4 Å². The molecule has 0 saturated heterocycles. The molecule has 92 valence electrons. The Labute approximate surface area is 103 Å². The second-order valence-electron chi connectivity index (χ2n) is 5.16. The third-order valence-electron chi connectivity index (χ3n) is 3.77. The number of rotatable bonds is 4. The van der Waals surface area contributed by atoms with Crippen LogP contribution in [0.25, 0.3) is 0 Å². The van der Waals surface area contributed by atoms with E-state index in [-0.39, 0.29) is 5.92 Å². The average Bonchev–Trinajstić information content (AvgIpc) is 2.35. The van der Waals surface area contributed by atoms with Gasteiger partial charge in [0.05, 0.1) is 0 Å². The molecule has 0 radical (unpaired) electrons. The summed E-state index contributed by atoms with van der Waals surface area (Å²) in [5.74, 6) is 1.46. The summed E-state index contributed by atoms with van der Waals surface area (Å²) in [4.78, 5) is 16.0. The molecule has 0 spiro atoms. The Kier molecular flexibility index (Phi) is 4.29. The van der Waals surface area contributed by atoms with Crippen molar-refractivity contribution in [3.63, 3.8) is 0 Å². The maximum atomic E-state index is 11.9. The Hall–Kier alpha value is -1.18. The van der Waals surface area contributed by atoms with Crippen LogP contribution in [0.4, 0.5) is 0 Å². The highest BCUT2D eigenvalue weighted by Gasteiger charge is 2.28. The Morgan fingerprint density at radius 1 is 1.47 bits per heavy atom. The summed E-state index contributed by atoms with van der Waals surface area (Å²) in [6.45, 7) is 2.23. The molecule has 0 aliphatic heterocycles. The number of pyridine rings is 1. The minimum atomic E-state index is 0.240. The standard InChI is InChI=1S/C15H21NO/c1-2-4-12-6-7-15(17)14(9-12)10-13-5-3-8-16-11-13/h3,5,8,11-12,14H,2,4,6-7,9-10H2,1H3. The van der Waals surface area contributed by atoms with Crippen molar-refractivity contribution >= 4 is 5.78 Å². The molecule has 1 aliphatic rings. The molecule has 2 nitrogen and oxygen atoms in total. The van der Waals surface area contributed by atoms with Gasteiger partial charge in [0, 0.05) is 24.7 Å². The Balaban J connectivity index is 1.96. The molecular formula is C15H21NO. The highest BCUT2D eigenvalue weighted by Crippen LogP contribution is 2.31. The van der Waals surface area contributed by atoms with Crippen molar-refractivity contribution in [1.29, 1.82) is 0 Å². The van der Waals surface area contributed by atoms with Gasteiger partial charge in [-0.1, -0.05) is 25.8 Å². The molecule has 1 heterocycles. The van der Waals surface area contributed by atoms with Crippen LogP contribution in [0.5, 0.6) is 0 Å². The first-order valence-corrected chi connectivity index (χ1v) is 6.71. The van der Waals surface area contributed by atoms with E-state index in [2.05, 4.69) is 18.0 Å². The zero-order chi connectivity index (χ0) is 12.1. The number of Topliss-reactive ketones (excluding diaryl/α,β-unsaturated/α-hetero) is 1. The second kappa shape index (κ2) is 5.95. The zero-order valence-electron chi connectivity index (χ0n) is 10.6.